The average Bonchev–Trinajstić information content (AvgIpc) is 2.25. The van der Waals surface area contributed by atoms with Crippen LogP contribution in [0.25, 0.3) is 0 Å². The third-order valence-corrected chi connectivity index (χ3v) is 3.16. The van der Waals surface area contributed by atoms with Gasteiger partial charge >= 0.3 is 0 Å². The molecule has 0 heterocycles. The number of rotatable bonds is 4. The van der Waals surface area contributed by atoms with Gasteiger partial charge in [-0.2, -0.15) is 0 Å². The van der Waals surface area contributed by atoms with E-state index in [4.69, 9.17) is 41.2 Å². The van der Waals surface area contributed by atoms with Gasteiger partial charge in [0.25, 0.3) is 5.91 Å². The quantitative estimate of drug-likeness (QED) is 0.839. The highest BCUT2D eigenvalue weighted by Crippen LogP contribution is 2.24. The van der Waals surface area contributed by atoms with Gasteiger partial charge in [0.2, 0.25) is 0 Å². The van der Waals surface area contributed by atoms with Gasteiger partial charge in [-0.1, -0.05) is 48.4 Å². The third-order valence-electron chi connectivity index (χ3n) is 2.25. The molecule has 0 aliphatic heterocycles. The SMILES string of the molecule is CCC(NC(=O)c1c(Cl)cccc1Cl)C(N)=S. The predicted octanol–water partition coefficient (Wildman–Crippen LogP) is 2.79. The van der Waals surface area contributed by atoms with E-state index in [1.54, 1.807) is 18.2 Å². The van der Waals surface area contributed by atoms with E-state index in [0.717, 1.165) is 0 Å². The zero-order chi connectivity index (χ0) is 13.0. The number of carbonyl (C=O) groups is 1. The van der Waals surface area contributed by atoms with E-state index in [1.807, 2.05) is 6.92 Å². The summed E-state index contributed by atoms with van der Waals surface area (Å²) in [6.07, 6.45) is 0.614. The summed E-state index contributed by atoms with van der Waals surface area (Å²) in [4.78, 5) is 12.2. The van der Waals surface area contributed by atoms with Crippen molar-refractivity contribution in [2.75, 3.05) is 0 Å². The van der Waals surface area contributed by atoms with Crippen LogP contribution in [-0.2, 0) is 0 Å². The second kappa shape index (κ2) is 6.19. The molecule has 0 aliphatic rings. The zero-order valence-electron chi connectivity index (χ0n) is 9.17. The molecule has 0 bridgehead atoms. The molecule has 0 aromatic heterocycles. The van der Waals surface area contributed by atoms with Crippen molar-refractivity contribution < 1.29 is 4.79 Å². The Hall–Kier alpha value is -0.840. The van der Waals surface area contributed by atoms with Crippen molar-refractivity contribution in [2.45, 2.75) is 19.4 Å². The van der Waals surface area contributed by atoms with Crippen LogP contribution in [0.2, 0.25) is 10.0 Å². The first-order chi connectivity index (χ1) is 7.97. The highest BCUT2D eigenvalue weighted by Gasteiger charge is 2.18. The van der Waals surface area contributed by atoms with Crippen molar-refractivity contribution in [1.29, 1.82) is 0 Å². The summed E-state index contributed by atoms with van der Waals surface area (Å²) < 4.78 is 0. The summed E-state index contributed by atoms with van der Waals surface area (Å²) >= 11 is 16.7. The van der Waals surface area contributed by atoms with Crippen LogP contribution in [0.3, 0.4) is 0 Å². The van der Waals surface area contributed by atoms with Crippen molar-refractivity contribution in [3.63, 3.8) is 0 Å². The van der Waals surface area contributed by atoms with Gasteiger partial charge in [0, 0.05) is 0 Å². The lowest BCUT2D eigenvalue weighted by molar-refractivity contribution is 0.0946. The first kappa shape index (κ1) is 14.2. The monoisotopic (exact) mass is 290 g/mol. The van der Waals surface area contributed by atoms with E-state index in [9.17, 15) is 4.79 Å². The van der Waals surface area contributed by atoms with E-state index >= 15 is 0 Å². The van der Waals surface area contributed by atoms with E-state index in [0.29, 0.717) is 16.5 Å². The van der Waals surface area contributed by atoms with Crippen LogP contribution in [0.5, 0.6) is 0 Å². The van der Waals surface area contributed by atoms with E-state index < -0.39 is 0 Å². The second-order valence-electron chi connectivity index (χ2n) is 3.43. The van der Waals surface area contributed by atoms with Gasteiger partial charge in [0.1, 0.15) is 0 Å². The highest BCUT2D eigenvalue weighted by molar-refractivity contribution is 7.80. The van der Waals surface area contributed by atoms with Crippen LogP contribution >= 0.6 is 35.4 Å². The molecule has 1 amide bonds. The number of hydrogen-bond acceptors (Lipinski definition) is 2. The Bertz CT molecular complexity index is 431. The van der Waals surface area contributed by atoms with Crippen LogP contribution in [0.1, 0.15) is 23.7 Å². The molecule has 1 atom stereocenters. The largest absolute Gasteiger partial charge is 0.392 e. The van der Waals surface area contributed by atoms with Crippen LogP contribution in [-0.4, -0.2) is 16.9 Å². The lowest BCUT2D eigenvalue weighted by Crippen LogP contribution is -2.43. The summed E-state index contributed by atoms with van der Waals surface area (Å²) in [7, 11) is 0. The van der Waals surface area contributed by atoms with Gasteiger partial charge < -0.3 is 11.1 Å². The maximum atomic E-state index is 12.0. The maximum Gasteiger partial charge on any atom is 0.254 e. The minimum Gasteiger partial charge on any atom is -0.392 e. The van der Waals surface area contributed by atoms with Crippen LogP contribution in [0, 0.1) is 0 Å². The molecular weight excluding hydrogens is 279 g/mol. The van der Waals surface area contributed by atoms with Gasteiger partial charge in [0.05, 0.1) is 26.6 Å². The van der Waals surface area contributed by atoms with Gasteiger partial charge in [-0.15, -0.1) is 0 Å². The number of carbonyl (C=O) groups excluding carboxylic acids is 1. The summed E-state index contributed by atoms with van der Waals surface area (Å²) in [5.74, 6) is -0.375. The molecular formula is C11H12Cl2N2OS. The lowest BCUT2D eigenvalue weighted by atomic mass is 10.1. The number of amides is 1. The van der Waals surface area contributed by atoms with Crippen molar-refractivity contribution in [2.24, 2.45) is 5.73 Å². The number of thiocarbonyl (C=S) groups is 1. The molecule has 0 aliphatic carbocycles. The van der Waals surface area contributed by atoms with Crippen LogP contribution in [0.4, 0.5) is 0 Å². The van der Waals surface area contributed by atoms with Gasteiger partial charge in [0.15, 0.2) is 0 Å². The second-order valence-corrected chi connectivity index (χ2v) is 4.72. The van der Waals surface area contributed by atoms with Crippen LogP contribution < -0.4 is 11.1 Å². The Morgan fingerprint density at radius 3 is 2.41 bits per heavy atom. The van der Waals surface area contributed by atoms with Crippen molar-refractivity contribution in [3.8, 4) is 0 Å². The summed E-state index contributed by atoms with van der Waals surface area (Å²) in [5.41, 5.74) is 5.74. The molecule has 3 nitrogen and oxygen atoms in total. The van der Waals surface area contributed by atoms with Crippen molar-refractivity contribution in [1.82, 2.24) is 5.32 Å². The molecule has 3 N–H and O–H groups in total. The van der Waals surface area contributed by atoms with Gasteiger partial charge in [-0.25, -0.2) is 0 Å². The Morgan fingerprint density at radius 2 is 2.00 bits per heavy atom. The van der Waals surface area contributed by atoms with Gasteiger partial charge in [-0.05, 0) is 18.6 Å². The predicted molar refractivity (Wildman–Crippen MR) is 74.8 cm³/mol. The number of halogens is 2. The first-order valence-electron chi connectivity index (χ1n) is 5.01. The molecule has 0 saturated heterocycles. The molecule has 17 heavy (non-hydrogen) atoms. The molecule has 1 rings (SSSR count). The van der Waals surface area contributed by atoms with E-state index in [-0.39, 0.29) is 22.5 Å². The number of hydrogen-bond donors (Lipinski definition) is 2. The number of benzene rings is 1. The average molecular weight is 291 g/mol. The molecule has 1 aromatic rings. The summed E-state index contributed by atoms with van der Waals surface area (Å²) in [6.45, 7) is 1.87. The molecule has 1 aromatic carbocycles. The molecule has 0 fully saturated rings. The third kappa shape index (κ3) is 3.56. The lowest BCUT2D eigenvalue weighted by Gasteiger charge is -2.16. The van der Waals surface area contributed by atoms with Crippen molar-refractivity contribution >= 4 is 46.3 Å². The topological polar surface area (TPSA) is 55.1 Å². The molecule has 0 spiro atoms. The first-order valence-corrected chi connectivity index (χ1v) is 6.18. The molecule has 0 radical (unpaired) electrons. The summed E-state index contributed by atoms with van der Waals surface area (Å²) in [5, 5.41) is 3.29. The fourth-order valence-corrected chi connectivity index (χ4v) is 2.11. The van der Waals surface area contributed by atoms with Gasteiger partial charge in [-0.3, -0.25) is 4.79 Å². The van der Waals surface area contributed by atoms with Crippen molar-refractivity contribution in [3.05, 3.63) is 33.8 Å². The summed E-state index contributed by atoms with van der Waals surface area (Å²) in [6, 6.07) is 4.52. The molecule has 6 heteroatoms. The Labute approximate surface area is 115 Å². The van der Waals surface area contributed by atoms with E-state index in [1.165, 1.54) is 0 Å². The Morgan fingerprint density at radius 1 is 1.47 bits per heavy atom. The minimum atomic E-state index is -0.375. The molecule has 0 saturated carbocycles. The minimum absolute atomic E-state index is 0.240. The molecule has 92 valence electrons. The standard InChI is InChI=1S/C11H12Cl2N2OS/c1-2-8(10(14)17)15-11(16)9-6(12)4-3-5-7(9)13/h3-5,8H,2H2,1H3,(H2,14,17)(H,15,16). The number of nitrogens with two attached hydrogens (primary N) is 1. The Balaban J connectivity index is 2.94. The maximum absolute atomic E-state index is 12.0. The van der Waals surface area contributed by atoms with E-state index in [2.05, 4.69) is 5.32 Å². The molecule has 1 unspecified atom stereocenters. The fraction of sp³-hybridized carbons (Fsp3) is 0.273. The number of nitrogens with one attached hydrogen (secondary N) is 1. The smallest absolute Gasteiger partial charge is 0.254 e. The Kier molecular flexibility index (Phi) is 5.18. The fourth-order valence-electron chi connectivity index (χ4n) is 1.32. The van der Waals surface area contributed by atoms with Crippen LogP contribution in [0.15, 0.2) is 18.2 Å². The highest BCUT2D eigenvalue weighted by atomic mass is 35.5. The zero-order valence-corrected chi connectivity index (χ0v) is 11.5. The normalized spacial score (nSPS) is 11.9.